The van der Waals surface area contributed by atoms with Crippen LogP contribution in [0.3, 0.4) is 0 Å². The van der Waals surface area contributed by atoms with Crippen molar-refractivity contribution in [1.29, 1.82) is 0 Å². The number of piperazine rings is 1. The zero-order chi connectivity index (χ0) is 18.4. The molecule has 2 saturated heterocycles. The summed E-state index contributed by atoms with van der Waals surface area (Å²) >= 11 is 1.59. The van der Waals surface area contributed by atoms with Crippen LogP contribution in [0, 0.1) is 0 Å². The second-order valence-electron chi connectivity index (χ2n) is 6.67. The van der Waals surface area contributed by atoms with E-state index in [9.17, 15) is 9.59 Å². The number of hydrogen-bond donors (Lipinski definition) is 0. The monoisotopic (exact) mass is 377 g/mol. The first-order valence-corrected chi connectivity index (χ1v) is 10.1. The van der Waals surface area contributed by atoms with Crippen molar-refractivity contribution >= 4 is 23.6 Å². The predicted octanol–water partition coefficient (Wildman–Crippen LogP) is 1.17. The number of rotatable bonds is 5. The Balaban J connectivity index is 1.43. The van der Waals surface area contributed by atoms with Gasteiger partial charge in [0.2, 0.25) is 11.8 Å². The summed E-state index contributed by atoms with van der Waals surface area (Å²) in [6.45, 7) is 7.93. The van der Waals surface area contributed by atoms with Crippen LogP contribution in [0.1, 0.15) is 6.92 Å². The first-order chi connectivity index (χ1) is 12.6. The van der Waals surface area contributed by atoms with Crippen LogP contribution < -0.4 is 0 Å². The molecule has 7 heteroatoms. The van der Waals surface area contributed by atoms with Gasteiger partial charge in [0.15, 0.2) is 0 Å². The third-order valence-corrected chi connectivity index (χ3v) is 5.91. The lowest BCUT2D eigenvalue weighted by atomic mass is 10.2. The summed E-state index contributed by atoms with van der Waals surface area (Å²) in [6.07, 6.45) is 0. The van der Waals surface area contributed by atoms with Gasteiger partial charge in [0.1, 0.15) is 0 Å². The van der Waals surface area contributed by atoms with Crippen molar-refractivity contribution in [3.63, 3.8) is 0 Å². The highest BCUT2D eigenvalue weighted by Crippen LogP contribution is 2.24. The van der Waals surface area contributed by atoms with E-state index in [-0.39, 0.29) is 17.1 Å². The summed E-state index contributed by atoms with van der Waals surface area (Å²) in [5, 5.41) is -0.118. The standard InChI is InChI=1S/C19H27N3O3S/c1-16(26-17-5-3-2-4-6-17)19(24)22-9-7-21(8-10-22)18(23)15-20-11-13-25-14-12-20/h2-6,16H,7-15H2,1H3. The number of nitrogens with zero attached hydrogens (tertiary/aromatic N) is 3. The van der Waals surface area contributed by atoms with Gasteiger partial charge in [-0.05, 0) is 19.1 Å². The average Bonchev–Trinajstić information content (AvgIpc) is 2.69. The normalized spacial score (nSPS) is 20.0. The maximum Gasteiger partial charge on any atom is 0.236 e. The van der Waals surface area contributed by atoms with E-state index in [0.717, 1.165) is 18.0 Å². The van der Waals surface area contributed by atoms with Crippen LogP contribution in [0.2, 0.25) is 0 Å². The third kappa shape index (κ3) is 5.22. The van der Waals surface area contributed by atoms with E-state index in [1.807, 2.05) is 47.1 Å². The number of hydrogen-bond acceptors (Lipinski definition) is 5. The van der Waals surface area contributed by atoms with Crippen LogP contribution in [-0.2, 0) is 14.3 Å². The van der Waals surface area contributed by atoms with Gasteiger partial charge in [0.05, 0.1) is 25.0 Å². The van der Waals surface area contributed by atoms with E-state index in [1.165, 1.54) is 0 Å². The quantitative estimate of drug-likeness (QED) is 0.721. The van der Waals surface area contributed by atoms with Crippen molar-refractivity contribution in [1.82, 2.24) is 14.7 Å². The molecule has 3 rings (SSSR count). The minimum Gasteiger partial charge on any atom is -0.379 e. The lowest BCUT2D eigenvalue weighted by molar-refractivity contribution is -0.140. The molecule has 2 aliphatic rings. The van der Waals surface area contributed by atoms with Crippen LogP contribution in [0.15, 0.2) is 35.2 Å². The highest BCUT2D eigenvalue weighted by atomic mass is 32.2. The molecular formula is C19H27N3O3S. The molecule has 2 aliphatic heterocycles. The second kappa shape index (κ2) is 9.39. The molecule has 0 bridgehead atoms. The Hall–Kier alpha value is -1.57. The van der Waals surface area contributed by atoms with E-state index in [4.69, 9.17) is 4.74 Å². The molecule has 1 aromatic rings. The molecule has 0 aromatic heterocycles. The maximum atomic E-state index is 12.7. The number of carbonyl (C=O) groups is 2. The van der Waals surface area contributed by atoms with Gasteiger partial charge >= 0.3 is 0 Å². The van der Waals surface area contributed by atoms with Gasteiger partial charge in [-0.1, -0.05) is 18.2 Å². The molecule has 1 atom stereocenters. The van der Waals surface area contributed by atoms with Crippen molar-refractivity contribution in [2.75, 3.05) is 59.0 Å². The first kappa shape index (κ1) is 19.2. The summed E-state index contributed by atoms with van der Waals surface area (Å²) in [5.74, 6) is 0.310. The number of benzene rings is 1. The molecule has 0 aliphatic carbocycles. The Morgan fingerprint density at radius 1 is 1.00 bits per heavy atom. The van der Waals surface area contributed by atoms with Gasteiger partial charge in [0.25, 0.3) is 0 Å². The molecule has 0 N–H and O–H groups in total. The Labute approximate surface area is 159 Å². The fraction of sp³-hybridized carbons (Fsp3) is 0.579. The fourth-order valence-electron chi connectivity index (χ4n) is 3.24. The molecule has 1 unspecified atom stereocenters. The molecule has 1 aromatic carbocycles. The lowest BCUT2D eigenvalue weighted by Gasteiger charge is -2.37. The number of amides is 2. The molecule has 2 fully saturated rings. The van der Waals surface area contributed by atoms with Gasteiger partial charge < -0.3 is 14.5 Å². The number of ether oxygens (including phenoxy) is 1. The molecule has 2 heterocycles. The predicted molar refractivity (Wildman–Crippen MR) is 102 cm³/mol. The SMILES string of the molecule is CC(Sc1ccccc1)C(=O)N1CCN(C(=O)CN2CCOCC2)CC1. The fourth-order valence-corrected chi connectivity index (χ4v) is 4.21. The highest BCUT2D eigenvalue weighted by molar-refractivity contribution is 8.00. The van der Waals surface area contributed by atoms with Crippen molar-refractivity contribution < 1.29 is 14.3 Å². The Morgan fingerprint density at radius 3 is 2.27 bits per heavy atom. The molecule has 142 valence electrons. The summed E-state index contributed by atoms with van der Waals surface area (Å²) in [4.78, 5) is 32.1. The largest absolute Gasteiger partial charge is 0.379 e. The average molecular weight is 378 g/mol. The van der Waals surface area contributed by atoms with E-state index in [0.29, 0.717) is 45.9 Å². The smallest absolute Gasteiger partial charge is 0.236 e. The van der Waals surface area contributed by atoms with E-state index < -0.39 is 0 Å². The Bertz CT molecular complexity index is 599. The molecule has 0 saturated carbocycles. The zero-order valence-corrected chi connectivity index (χ0v) is 16.1. The molecule has 2 amide bonds. The van der Waals surface area contributed by atoms with Crippen molar-refractivity contribution in [3.05, 3.63) is 30.3 Å². The van der Waals surface area contributed by atoms with Crippen molar-refractivity contribution in [2.45, 2.75) is 17.1 Å². The van der Waals surface area contributed by atoms with Gasteiger partial charge in [-0.15, -0.1) is 11.8 Å². The summed E-state index contributed by atoms with van der Waals surface area (Å²) in [7, 11) is 0. The van der Waals surface area contributed by atoms with Crippen LogP contribution >= 0.6 is 11.8 Å². The number of morpholine rings is 1. The molecule has 0 spiro atoms. The number of carbonyl (C=O) groups excluding carboxylic acids is 2. The van der Waals surface area contributed by atoms with Gasteiger partial charge in [-0.25, -0.2) is 0 Å². The van der Waals surface area contributed by atoms with Gasteiger partial charge in [-0.2, -0.15) is 0 Å². The van der Waals surface area contributed by atoms with E-state index in [1.54, 1.807) is 11.8 Å². The van der Waals surface area contributed by atoms with Crippen LogP contribution in [0.5, 0.6) is 0 Å². The van der Waals surface area contributed by atoms with Crippen molar-refractivity contribution in [2.24, 2.45) is 0 Å². The first-order valence-electron chi connectivity index (χ1n) is 9.22. The van der Waals surface area contributed by atoms with Crippen LogP contribution in [-0.4, -0.2) is 90.8 Å². The van der Waals surface area contributed by atoms with Gasteiger partial charge in [0, 0.05) is 44.2 Å². The maximum absolute atomic E-state index is 12.7. The topological polar surface area (TPSA) is 53.1 Å². The summed E-state index contributed by atoms with van der Waals surface area (Å²) in [6, 6.07) is 9.99. The molecule has 6 nitrogen and oxygen atoms in total. The minimum absolute atomic E-state index is 0.118. The Morgan fingerprint density at radius 2 is 1.62 bits per heavy atom. The van der Waals surface area contributed by atoms with Crippen molar-refractivity contribution in [3.8, 4) is 0 Å². The molecule has 26 heavy (non-hydrogen) atoms. The van der Waals surface area contributed by atoms with E-state index in [2.05, 4.69) is 4.90 Å². The van der Waals surface area contributed by atoms with E-state index >= 15 is 0 Å². The highest BCUT2D eigenvalue weighted by Gasteiger charge is 2.28. The second-order valence-corrected chi connectivity index (χ2v) is 8.08. The number of thioether (sulfide) groups is 1. The lowest BCUT2D eigenvalue weighted by Crippen LogP contribution is -2.54. The summed E-state index contributed by atoms with van der Waals surface area (Å²) in [5.41, 5.74) is 0. The third-order valence-electron chi connectivity index (χ3n) is 4.81. The van der Waals surface area contributed by atoms with Crippen LogP contribution in [0.4, 0.5) is 0 Å². The van der Waals surface area contributed by atoms with Crippen LogP contribution in [0.25, 0.3) is 0 Å². The molecule has 0 radical (unpaired) electrons. The Kier molecular flexibility index (Phi) is 6.93. The zero-order valence-electron chi connectivity index (χ0n) is 15.3. The summed E-state index contributed by atoms with van der Waals surface area (Å²) < 4.78 is 5.32. The molecular weight excluding hydrogens is 350 g/mol. The van der Waals surface area contributed by atoms with Gasteiger partial charge in [-0.3, -0.25) is 14.5 Å². The minimum atomic E-state index is -0.118.